The van der Waals surface area contributed by atoms with Crippen LogP contribution >= 0.6 is 0 Å². The molecule has 16 heavy (non-hydrogen) atoms. The molecule has 1 spiro atoms. The van der Waals surface area contributed by atoms with Gasteiger partial charge in [0, 0.05) is 44.7 Å². The van der Waals surface area contributed by atoms with Gasteiger partial charge in [0.25, 0.3) is 0 Å². The van der Waals surface area contributed by atoms with Crippen molar-refractivity contribution in [3.63, 3.8) is 0 Å². The minimum Gasteiger partial charge on any atom is -0.383 e. The number of hydrogen-bond donors (Lipinski definition) is 0. The first-order valence-electron chi connectivity index (χ1n) is 6.64. The van der Waals surface area contributed by atoms with Gasteiger partial charge in [0.05, 0.1) is 6.61 Å². The van der Waals surface area contributed by atoms with Crippen molar-refractivity contribution in [3.8, 4) is 0 Å². The zero-order chi connectivity index (χ0) is 11.6. The summed E-state index contributed by atoms with van der Waals surface area (Å²) in [6, 6.07) is 0.771. The smallest absolute Gasteiger partial charge is 0.0589 e. The van der Waals surface area contributed by atoms with E-state index in [1.165, 1.54) is 39.0 Å². The third kappa shape index (κ3) is 2.41. The molecule has 0 aromatic heterocycles. The summed E-state index contributed by atoms with van der Waals surface area (Å²) in [7, 11) is 1.79. The van der Waals surface area contributed by atoms with Crippen molar-refractivity contribution >= 4 is 0 Å². The van der Waals surface area contributed by atoms with Crippen LogP contribution in [0.3, 0.4) is 0 Å². The highest BCUT2D eigenvalue weighted by Crippen LogP contribution is 2.40. The molecule has 0 radical (unpaired) electrons. The first-order chi connectivity index (χ1) is 7.69. The van der Waals surface area contributed by atoms with E-state index in [0.717, 1.165) is 19.2 Å². The highest BCUT2D eigenvalue weighted by Gasteiger charge is 2.47. The Morgan fingerprint density at radius 1 is 1.31 bits per heavy atom. The van der Waals surface area contributed by atoms with Crippen molar-refractivity contribution < 1.29 is 4.74 Å². The van der Waals surface area contributed by atoms with Crippen molar-refractivity contribution in [2.75, 3.05) is 46.4 Å². The Hall–Kier alpha value is -0.120. The van der Waals surface area contributed by atoms with Crippen molar-refractivity contribution in [1.29, 1.82) is 0 Å². The number of nitrogens with zero attached hydrogens (tertiary/aromatic N) is 2. The Bertz CT molecular complexity index is 226. The van der Waals surface area contributed by atoms with E-state index in [4.69, 9.17) is 4.74 Å². The van der Waals surface area contributed by atoms with Gasteiger partial charge in [0.1, 0.15) is 0 Å². The number of methoxy groups -OCH3 is 1. The Morgan fingerprint density at radius 3 is 2.69 bits per heavy atom. The largest absolute Gasteiger partial charge is 0.383 e. The molecule has 0 bridgehead atoms. The van der Waals surface area contributed by atoms with Crippen LogP contribution in [-0.2, 0) is 4.74 Å². The topological polar surface area (TPSA) is 15.7 Å². The van der Waals surface area contributed by atoms with E-state index in [2.05, 4.69) is 23.6 Å². The van der Waals surface area contributed by atoms with Gasteiger partial charge in [0.15, 0.2) is 0 Å². The zero-order valence-electron chi connectivity index (χ0n) is 11.0. The Labute approximate surface area is 99.7 Å². The highest BCUT2D eigenvalue weighted by atomic mass is 16.5. The lowest BCUT2D eigenvalue weighted by Gasteiger charge is -2.48. The van der Waals surface area contributed by atoms with Gasteiger partial charge in [-0.2, -0.15) is 0 Å². The maximum absolute atomic E-state index is 5.12. The van der Waals surface area contributed by atoms with Gasteiger partial charge < -0.3 is 4.74 Å². The molecule has 0 amide bonds. The van der Waals surface area contributed by atoms with E-state index in [0.29, 0.717) is 5.41 Å². The number of hydrogen-bond acceptors (Lipinski definition) is 3. The van der Waals surface area contributed by atoms with Gasteiger partial charge in [-0.05, 0) is 26.3 Å². The third-order valence-electron chi connectivity index (χ3n) is 4.41. The predicted molar refractivity (Wildman–Crippen MR) is 66.7 cm³/mol. The summed E-state index contributed by atoms with van der Waals surface area (Å²) in [5, 5.41) is 0. The van der Waals surface area contributed by atoms with E-state index < -0.39 is 0 Å². The van der Waals surface area contributed by atoms with E-state index in [1.807, 2.05) is 0 Å². The average molecular weight is 226 g/mol. The summed E-state index contributed by atoms with van der Waals surface area (Å²) >= 11 is 0. The molecule has 0 saturated carbocycles. The summed E-state index contributed by atoms with van der Waals surface area (Å²) in [6.07, 6.45) is 2.68. The molecule has 2 aliphatic heterocycles. The van der Waals surface area contributed by atoms with Crippen molar-refractivity contribution in [3.05, 3.63) is 0 Å². The molecule has 3 heteroatoms. The molecule has 94 valence electrons. The van der Waals surface area contributed by atoms with E-state index in [1.54, 1.807) is 7.11 Å². The fraction of sp³-hybridized carbons (Fsp3) is 1.00. The second kappa shape index (κ2) is 5.03. The van der Waals surface area contributed by atoms with Gasteiger partial charge in [-0.15, -0.1) is 0 Å². The molecular weight excluding hydrogens is 200 g/mol. The van der Waals surface area contributed by atoms with Crippen LogP contribution < -0.4 is 0 Å². The second-order valence-corrected chi connectivity index (χ2v) is 5.68. The van der Waals surface area contributed by atoms with Crippen molar-refractivity contribution in [1.82, 2.24) is 9.80 Å². The molecule has 2 fully saturated rings. The number of ether oxygens (including phenoxy) is 1. The molecule has 0 aliphatic carbocycles. The minimum absolute atomic E-state index is 0.636. The molecule has 0 aromatic carbocycles. The Balaban J connectivity index is 1.73. The van der Waals surface area contributed by atoms with Gasteiger partial charge in [0.2, 0.25) is 0 Å². The quantitative estimate of drug-likeness (QED) is 0.705. The maximum atomic E-state index is 5.12. The Morgan fingerprint density at radius 2 is 2.06 bits per heavy atom. The zero-order valence-corrected chi connectivity index (χ0v) is 11.0. The molecule has 0 aromatic rings. The molecule has 1 unspecified atom stereocenters. The van der Waals surface area contributed by atoms with Crippen LogP contribution in [0.2, 0.25) is 0 Å². The third-order valence-corrected chi connectivity index (χ3v) is 4.41. The normalized spacial score (nSPS) is 27.2. The van der Waals surface area contributed by atoms with Crippen LogP contribution in [0.1, 0.15) is 26.7 Å². The fourth-order valence-corrected chi connectivity index (χ4v) is 3.14. The summed E-state index contributed by atoms with van der Waals surface area (Å²) in [4.78, 5) is 5.21. The number of likely N-dealkylation sites (tertiary alicyclic amines) is 2. The second-order valence-electron chi connectivity index (χ2n) is 5.68. The van der Waals surface area contributed by atoms with E-state index >= 15 is 0 Å². The SMILES string of the molecule is CCC(C)N1CCC2(CN(CCOC)C2)C1. The molecule has 2 heterocycles. The van der Waals surface area contributed by atoms with E-state index in [9.17, 15) is 0 Å². The monoisotopic (exact) mass is 226 g/mol. The molecule has 0 N–H and O–H groups in total. The lowest BCUT2D eigenvalue weighted by molar-refractivity contribution is -0.00887. The molecule has 2 saturated heterocycles. The summed E-state index contributed by atoms with van der Waals surface area (Å²) in [6.45, 7) is 11.9. The summed E-state index contributed by atoms with van der Waals surface area (Å²) < 4.78 is 5.12. The van der Waals surface area contributed by atoms with Crippen LogP contribution in [0.25, 0.3) is 0 Å². The van der Waals surface area contributed by atoms with Gasteiger partial charge in [-0.1, -0.05) is 6.92 Å². The standard InChI is InChI=1S/C13H26N2O/c1-4-12(2)15-6-5-13(11-15)9-14(10-13)7-8-16-3/h12H,4-11H2,1-3H3. The fourth-order valence-electron chi connectivity index (χ4n) is 3.14. The summed E-state index contributed by atoms with van der Waals surface area (Å²) in [5.41, 5.74) is 0.636. The van der Waals surface area contributed by atoms with Crippen molar-refractivity contribution in [2.45, 2.75) is 32.7 Å². The van der Waals surface area contributed by atoms with Crippen LogP contribution in [0.4, 0.5) is 0 Å². The first kappa shape index (κ1) is 12.3. The highest BCUT2D eigenvalue weighted by molar-refractivity contribution is 5.01. The van der Waals surface area contributed by atoms with Gasteiger partial charge in [-0.3, -0.25) is 9.80 Å². The minimum atomic E-state index is 0.636. The van der Waals surface area contributed by atoms with Crippen LogP contribution in [0.5, 0.6) is 0 Å². The molecule has 1 atom stereocenters. The predicted octanol–water partition coefficient (Wildman–Crippen LogP) is 1.44. The molecule has 3 nitrogen and oxygen atoms in total. The average Bonchev–Trinajstić information content (AvgIpc) is 2.68. The summed E-state index contributed by atoms with van der Waals surface area (Å²) in [5.74, 6) is 0. The lowest BCUT2D eigenvalue weighted by atomic mass is 9.79. The number of rotatable bonds is 5. The van der Waals surface area contributed by atoms with Crippen LogP contribution in [0, 0.1) is 5.41 Å². The molecule has 2 aliphatic rings. The molecular formula is C13H26N2O. The van der Waals surface area contributed by atoms with Gasteiger partial charge in [-0.25, -0.2) is 0 Å². The van der Waals surface area contributed by atoms with Crippen LogP contribution in [0.15, 0.2) is 0 Å². The van der Waals surface area contributed by atoms with Crippen molar-refractivity contribution in [2.24, 2.45) is 5.41 Å². The first-order valence-corrected chi connectivity index (χ1v) is 6.64. The molecule has 2 rings (SSSR count). The van der Waals surface area contributed by atoms with Crippen LogP contribution in [-0.4, -0.2) is 62.3 Å². The van der Waals surface area contributed by atoms with E-state index in [-0.39, 0.29) is 0 Å². The maximum Gasteiger partial charge on any atom is 0.0589 e. The lowest BCUT2D eigenvalue weighted by Crippen LogP contribution is -2.58. The van der Waals surface area contributed by atoms with Gasteiger partial charge >= 0.3 is 0 Å². The Kier molecular flexibility index (Phi) is 3.88.